The zero-order valence-corrected chi connectivity index (χ0v) is 24.5. The Balaban J connectivity index is 1.61. The summed E-state index contributed by atoms with van der Waals surface area (Å²) in [5.74, 6) is -0.0671. The fourth-order valence-corrected chi connectivity index (χ4v) is 6.03. The lowest BCUT2D eigenvalue weighted by Crippen LogP contribution is -2.52. The molecule has 4 aromatic heterocycles. The minimum Gasteiger partial charge on any atom is -0.375 e. The van der Waals surface area contributed by atoms with Gasteiger partial charge in [0, 0.05) is 55.9 Å². The van der Waals surface area contributed by atoms with E-state index in [0.29, 0.717) is 11.4 Å². The molecule has 0 amide bonds. The monoisotopic (exact) mass is 583 g/mol. The van der Waals surface area contributed by atoms with Gasteiger partial charge in [0.15, 0.2) is 0 Å². The molecule has 5 heterocycles. The summed E-state index contributed by atoms with van der Waals surface area (Å²) in [6, 6.07) is 19.3. The van der Waals surface area contributed by atoms with Crippen molar-refractivity contribution in [3.8, 4) is 11.1 Å². The van der Waals surface area contributed by atoms with Gasteiger partial charge >= 0.3 is 0 Å². The third-order valence-electron chi connectivity index (χ3n) is 7.92. The van der Waals surface area contributed by atoms with E-state index in [1.165, 1.54) is 0 Å². The van der Waals surface area contributed by atoms with Crippen LogP contribution in [0.25, 0.3) is 22.0 Å². The zero-order chi connectivity index (χ0) is 29.5. The molecule has 3 N–H and O–H groups in total. The first kappa shape index (κ1) is 27.7. The molecule has 1 saturated heterocycles. The number of hydrogen-bond donors (Lipinski definition) is 3. The van der Waals surface area contributed by atoms with Crippen LogP contribution in [-0.4, -0.2) is 52.4 Å². The van der Waals surface area contributed by atoms with E-state index in [1.54, 1.807) is 37.1 Å². The maximum atomic E-state index is 13.0. The SMILES string of the molecule is CCS(=O)(=O)Nc1cc(-c2cc(NC3CNC3)c(=O)n(C)c2)cc2c1ccn2C(C)(c1ccccn1)c1ccccn1. The highest BCUT2D eigenvalue weighted by atomic mass is 32.2. The molecule has 11 heteroatoms. The second kappa shape index (κ2) is 10.7. The van der Waals surface area contributed by atoms with Gasteiger partial charge in [-0.2, -0.15) is 0 Å². The normalized spacial score (nSPS) is 14.1. The van der Waals surface area contributed by atoms with Crippen LogP contribution >= 0.6 is 0 Å². The fourth-order valence-electron chi connectivity index (χ4n) is 5.39. The van der Waals surface area contributed by atoms with Crippen LogP contribution in [0, 0.1) is 0 Å². The predicted molar refractivity (Wildman–Crippen MR) is 166 cm³/mol. The first-order valence-electron chi connectivity index (χ1n) is 13.9. The van der Waals surface area contributed by atoms with Gasteiger partial charge in [0.05, 0.1) is 34.4 Å². The molecule has 0 radical (unpaired) electrons. The molecular weight excluding hydrogens is 550 g/mol. The first-order chi connectivity index (χ1) is 20.2. The fraction of sp³-hybridized carbons (Fsp3) is 0.258. The number of benzene rings is 1. The third-order valence-corrected chi connectivity index (χ3v) is 9.21. The highest BCUT2D eigenvalue weighted by Crippen LogP contribution is 2.39. The van der Waals surface area contributed by atoms with Crippen LogP contribution in [0.15, 0.2) is 90.2 Å². The molecule has 0 saturated carbocycles. The van der Waals surface area contributed by atoms with E-state index in [2.05, 4.69) is 26.8 Å². The van der Waals surface area contributed by atoms with Gasteiger partial charge in [0.1, 0.15) is 11.2 Å². The number of nitrogens with zero attached hydrogens (tertiary/aromatic N) is 4. The molecule has 6 rings (SSSR count). The predicted octanol–water partition coefficient (Wildman–Crippen LogP) is 3.75. The van der Waals surface area contributed by atoms with Gasteiger partial charge in [0.2, 0.25) is 10.0 Å². The molecule has 1 fully saturated rings. The van der Waals surface area contributed by atoms with Crippen molar-refractivity contribution in [1.82, 2.24) is 24.4 Å². The van der Waals surface area contributed by atoms with Crippen molar-refractivity contribution < 1.29 is 8.42 Å². The van der Waals surface area contributed by atoms with Crippen LogP contribution in [0.5, 0.6) is 0 Å². The largest absolute Gasteiger partial charge is 0.375 e. The van der Waals surface area contributed by atoms with Crippen molar-refractivity contribution in [2.45, 2.75) is 25.4 Å². The Labute approximate surface area is 244 Å². The van der Waals surface area contributed by atoms with E-state index in [1.807, 2.05) is 66.9 Å². The number of aromatic nitrogens is 4. The van der Waals surface area contributed by atoms with Gasteiger partial charge < -0.3 is 19.8 Å². The van der Waals surface area contributed by atoms with Crippen molar-refractivity contribution >= 4 is 32.3 Å². The van der Waals surface area contributed by atoms with Gasteiger partial charge in [-0.1, -0.05) is 12.1 Å². The van der Waals surface area contributed by atoms with Crippen molar-refractivity contribution in [3.63, 3.8) is 0 Å². The number of fused-ring (bicyclic) bond motifs is 1. The molecule has 0 unspecified atom stereocenters. The minimum absolute atomic E-state index is 0.0671. The standard InChI is InChI=1S/C31H33N7O3S/c1-4-42(40,41)36-25-15-21(22-16-26(30(39)37(3)20-22)35-23-18-32-19-23)17-27-24(25)11-14-38(27)31(2,28-9-5-7-12-33-28)29-10-6-8-13-34-29/h5-17,20,23,32,35-36H,4,18-19H2,1-3H3. The zero-order valence-electron chi connectivity index (χ0n) is 23.7. The van der Waals surface area contributed by atoms with Gasteiger partial charge in [-0.25, -0.2) is 8.42 Å². The lowest BCUT2D eigenvalue weighted by Gasteiger charge is -2.32. The van der Waals surface area contributed by atoms with E-state index in [-0.39, 0.29) is 17.4 Å². The molecule has 0 bridgehead atoms. The molecule has 5 aromatic rings. The third kappa shape index (κ3) is 4.94. The number of rotatable bonds is 9. The smallest absolute Gasteiger partial charge is 0.273 e. The van der Waals surface area contributed by atoms with E-state index in [0.717, 1.165) is 46.5 Å². The lowest BCUT2D eigenvalue weighted by molar-refractivity contribution is 0.463. The summed E-state index contributed by atoms with van der Waals surface area (Å²) in [5, 5.41) is 7.29. The average Bonchev–Trinajstić information content (AvgIpc) is 3.42. The Hall–Kier alpha value is -4.48. The van der Waals surface area contributed by atoms with Crippen LogP contribution in [0.2, 0.25) is 0 Å². The van der Waals surface area contributed by atoms with Crippen LogP contribution in [0.1, 0.15) is 25.2 Å². The molecule has 0 spiro atoms. The number of pyridine rings is 3. The number of nitrogens with one attached hydrogen (secondary N) is 3. The number of anilines is 2. The van der Waals surface area contributed by atoms with E-state index in [4.69, 9.17) is 9.97 Å². The summed E-state index contributed by atoms with van der Waals surface area (Å²) in [4.78, 5) is 22.4. The van der Waals surface area contributed by atoms with Crippen molar-refractivity contribution in [3.05, 3.63) is 107 Å². The molecule has 0 atom stereocenters. The first-order valence-corrected chi connectivity index (χ1v) is 15.5. The van der Waals surface area contributed by atoms with Crippen LogP contribution in [-0.2, 0) is 22.6 Å². The molecule has 10 nitrogen and oxygen atoms in total. The van der Waals surface area contributed by atoms with E-state index >= 15 is 0 Å². The van der Waals surface area contributed by atoms with Gasteiger partial charge in [-0.15, -0.1) is 0 Å². The summed E-state index contributed by atoms with van der Waals surface area (Å²) in [6.45, 7) is 5.24. The van der Waals surface area contributed by atoms with Crippen LogP contribution in [0.3, 0.4) is 0 Å². The van der Waals surface area contributed by atoms with Crippen molar-refractivity contribution in [2.24, 2.45) is 7.05 Å². The van der Waals surface area contributed by atoms with E-state index in [9.17, 15) is 13.2 Å². The molecule has 1 aliphatic rings. The van der Waals surface area contributed by atoms with Crippen molar-refractivity contribution in [2.75, 3.05) is 28.9 Å². The molecule has 216 valence electrons. The second-order valence-corrected chi connectivity index (χ2v) is 12.7. The molecule has 1 aromatic carbocycles. The summed E-state index contributed by atoms with van der Waals surface area (Å²) >= 11 is 0. The Morgan fingerprint density at radius 1 is 0.976 bits per heavy atom. The number of aryl methyl sites for hydroxylation is 1. The molecular formula is C31H33N7O3S. The molecule has 0 aliphatic carbocycles. The Bertz CT molecular complexity index is 1880. The number of hydrogen-bond acceptors (Lipinski definition) is 7. The summed E-state index contributed by atoms with van der Waals surface area (Å²) in [5.41, 5.74) is 3.89. The number of sulfonamides is 1. The quantitative estimate of drug-likeness (QED) is 0.242. The maximum Gasteiger partial charge on any atom is 0.273 e. The maximum absolute atomic E-state index is 13.0. The summed E-state index contributed by atoms with van der Waals surface area (Å²) < 4.78 is 32.1. The van der Waals surface area contributed by atoms with Crippen LogP contribution in [0.4, 0.5) is 11.4 Å². The summed E-state index contributed by atoms with van der Waals surface area (Å²) in [6.07, 6.45) is 7.23. The molecule has 42 heavy (non-hydrogen) atoms. The van der Waals surface area contributed by atoms with Crippen LogP contribution < -0.4 is 20.9 Å². The average molecular weight is 584 g/mol. The Morgan fingerprint density at radius 3 is 2.21 bits per heavy atom. The minimum atomic E-state index is -3.59. The van der Waals surface area contributed by atoms with Gasteiger partial charge in [-0.05, 0) is 67.9 Å². The molecule has 1 aliphatic heterocycles. The highest BCUT2D eigenvalue weighted by Gasteiger charge is 2.35. The Morgan fingerprint density at radius 2 is 1.64 bits per heavy atom. The van der Waals surface area contributed by atoms with E-state index < -0.39 is 15.6 Å². The second-order valence-electron chi connectivity index (χ2n) is 10.7. The highest BCUT2D eigenvalue weighted by molar-refractivity contribution is 7.92. The lowest BCUT2D eigenvalue weighted by atomic mass is 9.91. The summed E-state index contributed by atoms with van der Waals surface area (Å²) in [7, 11) is -1.87. The topological polar surface area (TPSA) is 123 Å². The Kier molecular flexibility index (Phi) is 7.07. The van der Waals surface area contributed by atoms with Gasteiger partial charge in [-0.3, -0.25) is 19.5 Å². The van der Waals surface area contributed by atoms with Gasteiger partial charge in [0.25, 0.3) is 5.56 Å². The van der Waals surface area contributed by atoms with Crippen molar-refractivity contribution in [1.29, 1.82) is 0 Å².